The molecule has 1 aliphatic rings. The summed E-state index contributed by atoms with van der Waals surface area (Å²) in [6, 6.07) is 3.82. The highest BCUT2D eigenvalue weighted by molar-refractivity contribution is 7.84. The van der Waals surface area contributed by atoms with Crippen molar-refractivity contribution in [2.75, 3.05) is 6.54 Å². The van der Waals surface area contributed by atoms with Crippen molar-refractivity contribution in [3.05, 3.63) is 29.6 Å². The number of ether oxygens (including phenoxy) is 1. The summed E-state index contributed by atoms with van der Waals surface area (Å²) in [6.45, 7) is 14.1. The fraction of sp³-hybridized carbons (Fsp3) is 0.714. The molecule has 1 unspecified atom stereocenters. The molecule has 1 aliphatic heterocycles. The fourth-order valence-electron chi connectivity index (χ4n) is 3.13. The molecular weight excluding hydrogens is 374 g/mol. The lowest BCUT2D eigenvalue weighted by molar-refractivity contribution is 0.0214. The number of amides is 1. The number of pyridine rings is 1. The summed E-state index contributed by atoms with van der Waals surface area (Å²) in [7, 11) is -1.24. The molecule has 2 heterocycles. The van der Waals surface area contributed by atoms with Crippen LogP contribution in [0.25, 0.3) is 0 Å². The van der Waals surface area contributed by atoms with E-state index < -0.39 is 16.6 Å². The largest absolute Gasteiger partial charge is 0.444 e. The van der Waals surface area contributed by atoms with Crippen LogP contribution in [0, 0.1) is 6.92 Å². The molecule has 0 bridgehead atoms. The van der Waals surface area contributed by atoms with Crippen LogP contribution in [0.2, 0.25) is 0 Å². The van der Waals surface area contributed by atoms with Crippen molar-refractivity contribution in [1.82, 2.24) is 14.6 Å². The molecule has 158 valence electrons. The van der Waals surface area contributed by atoms with Crippen LogP contribution in [-0.2, 0) is 15.7 Å². The van der Waals surface area contributed by atoms with E-state index in [1.807, 2.05) is 71.7 Å². The van der Waals surface area contributed by atoms with Crippen molar-refractivity contribution in [3.63, 3.8) is 0 Å². The van der Waals surface area contributed by atoms with E-state index in [2.05, 4.69) is 9.71 Å². The van der Waals surface area contributed by atoms with Gasteiger partial charge in [0.1, 0.15) is 5.60 Å². The Labute approximate surface area is 172 Å². The van der Waals surface area contributed by atoms with Gasteiger partial charge in [-0.25, -0.2) is 13.7 Å². The van der Waals surface area contributed by atoms with Crippen molar-refractivity contribution >= 4 is 17.1 Å². The molecule has 0 aliphatic carbocycles. The summed E-state index contributed by atoms with van der Waals surface area (Å²) in [5, 5.41) is 0. The monoisotopic (exact) mass is 409 g/mol. The Morgan fingerprint density at radius 2 is 2.00 bits per heavy atom. The Morgan fingerprint density at radius 1 is 1.32 bits per heavy atom. The number of hydrogen-bond donors (Lipinski definition) is 1. The molecule has 1 N–H and O–H groups in total. The molecule has 0 radical (unpaired) electrons. The highest BCUT2D eigenvalue weighted by Crippen LogP contribution is 2.29. The maximum Gasteiger partial charge on any atom is 0.410 e. The third kappa shape index (κ3) is 6.55. The van der Waals surface area contributed by atoms with E-state index in [4.69, 9.17) is 4.74 Å². The second-order valence-corrected chi connectivity index (χ2v) is 11.5. The lowest BCUT2D eigenvalue weighted by atomic mass is 10.0. The van der Waals surface area contributed by atoms with E-state index in [0.717, 1.165) is 24.1 Å². The first-order valence-electron chi connectivity index (χ1n) is 9.97. The molecule has 2 rings (SSSR count). The van der Waals surface area contributed by atoms with E-state index in [-0.39, 0.29) is 22.9 Å². The number of hydrogen-bond acceptors (Lipinski definition) is 4. The molecule has 6 nitrogen and oxygen atoms in total. The van der Waals surface area contributed by atoms with E-state index in [1.54, 1.807) is 0 Å². The molecular formula is C21H35N3O3S. The second kappa shape index (κ2) is 8.91. The van der Waals surface area contributed by atoms with Gasteiger partial charge in [0.2, 0.25) is 0 Å². The Balaban J connectivity index is 2.19. The number of carbonyl (C=O) groups excluding carboxylic acids is 1. The number of rotatable bonds is 5. The zero-order valence-electron chi connectivity index (χ0n) is 18.2. The number of nitrogens with zero attached hydrogens (tertiary/aromatic N) is 2. The van der Waals surface area contributed by atoms with Crippen LogP contribution in [-0.4, -0.2) is 43.1 Å². The summed E-state index contributed by atoms with van der Waals surface area (Å²) in [4.78, 5) is 19.0. The molecule has 3 atom stereocenters. The second-order valence-electron chi connectivity index (χ2n) is 9.52. The Morgan fingerprint density at radius 3 is 2.54 bits per heavy atom. The van der Waals surface area contributed by atoms with Crippen LogP contribution in [0.15, 0.2) is 18.3 Å². The normalized spacial score (nSPS) is 20.1. The average molecular weight is 410 g/mol. The summed E-state index contributed by atoms with van der Waals surface area (Å²) in [5.41, 5.74) is 1.41. The van der Waals surface area contributed by atoms with Gasteiger partial charge < -0.3 is 9.64 Å². The molecule has 1 amide bonds. The zero-order valence-corrected chi connectivity index (χ0v) is 19.1. The summed E-state index contributed by atoms with van der Waals surface area (Å²) in [5.74, 6) is 0. The first-order valence-corrected chi connectivity index (χ1v) is 11.1. The number of nitrogens with one attached hydrogen (secondary N) is 1. The average Bonchev–Trinajstić information content (AvgIpc) is 3.01. The Hall–Kier alpha value is -1.47. The molecule has 0 spiro atoms. The SMILES string of the molecule is Cc1ccc(C(C[C@@H]2CCCN2C(=O)OC(C)(C)C)N[S@@](=O)C(C)(C)C)nc1. The molecule has 1 fully saturated rings. The molecule has 0 aromatic carbocycles. The van der Waals surface area contributed by atoms with Crippen LogP contribution in [0.1, 0.15) is 78.1 Å². The van der Waals surface area contributed by atoms with Crippen LogP contribution < -0.4 is 4.72 Å². The summed E-state index contributed by atoms with van der Waals surface area (Å²) < 4.78 is 21.2. The number of likely N-dealkylation sites (tertiary alicyclic amines) is 1. The first-order chi connectivity index (χ1) is 12.9. The zero-order chi connectivity index (χ0) is 21.1. The summed E-state index contributed by atoms with van der Waals surface area (Å²) >= 11 is 0. The van der Waals surface area contributed by atoms with Gasteiger partial charge in [-0.05, 0) is 79.4 Å². The minimum Gasteiger partial charge on any atom is -0.444 e. The van der Waals surface area contributed by atoms with Gasteiger partial charge in [-0.15, -0.1) is 0 Å². The Kier molecular flexibility index (Phi) is 7.26. The van der Waals surface area contributed by atoms with Crippen molar-refractivity contribution < 1.29 is 13.7 Å². The summed E-state index contributed by atoms with van der Waals surface area (Å²) in [6.07, 6.45) is 4.05. The number of aryl methyl sites for hydroxylation is 1. The highest BCUT2D eigenvalue weighted by Gasteiger charge is 2.35. The highest BCUT2D eigenvalue weighted by atomic mass is 32.2. The lowest BCUT2D eigenvalue weighted by Gasteiger charge is -2.31. The van der Waals surface area contributed by atoms with E-state index in [1.165, 1.54) is 0 Å². The van der Waals surface area contributed by atoms with E-state index >= 15 is 0 Å². The van der Waals surface area contributed by atoms with Gasteiger partial charge in [0.05, 0.1) is 27.5 Å². The van der Waals surface area contributed by atoms with Gasteiger partial charge in [-0.3, -0.25) is 4.98 Å². The molecule has 7 heteroatoms. The standard InChI is InChI=1S/C21H35N3O3S/c1-15-10-11-17(22-14-15)18(23-28(26)21(5,6)7)13-16-9-8-12-24(16)19(25)27-20(2,3)4/h10-11,14,16,18,23H,8-9,12-13H2,1-7H3/t16-,18?,28-/m0/s1. The maximum absolute atomic E-state index is 12.8. The Bertz CT molecular complexity index is 692. The third-order valence-corrected chi connectivity index (χ3v) is 6.22. The first kappa shape index (κ1) is 22.8. The van der Waals surface area contributed by atoms with Crippen molar-refractivity contribution in [2.24, 2.45) is 0 Å². The number of aromatic nitrogens is 1. The van der Waals surface area contributed by atoms with Crippen molar-refractivity contribution in [1.29, 1.82) is 0 Å². The topological polar surface area (TPSA) is 71.5 Å². The maximum atomic E-state index is 12.8. The van der Waals surface area contributed by atoms with E-state index in [9.17, 15) is 9.00 Å². The van der Waals surface area contributed by atoms with Crippen LogP contribution in [0.3, 0.4) is 0 Å². The van der Waals surface area contributed by atoms with Crippen molar-refractivity contribution in [3.8, 4) is 0 Å². The minimum atomic E-state index is -1.24. The molecule has 0 saturated carbocycles. The van der Waals surface area contributed by atoms with Crippen molar-refractivity contribution in [2.45, 2.75) is 90.2 Å². The predicted octanol–water partition coefficient (Wildman–Crippen LogP) is 4.27. The minimum absolute atomic E-state index is 0.0346. The van der Waals surface area contributed by atoms with E-state index in [0.29, 0.717) is 13.0 Å². The van der Waals surface area contributed by atoms with Gasteiger partial charge in [0.25, 0.3) is 0 Å². The molecule has 1 saturated heterocycles. The quantitative estimate of drug-likeness (QED) is 0.788. The van der Waals surface area contributed by atoms with Gasteiger partial charge >= 0.3 is 6.09 Å². The van der Waals surface area contributed by atoms with Crippen LogP contribution in [0.4, 0.5) is 4.79 Å². The molecule has 1 aromatic rings. The van der Waals surface area contributed by atoms with Gasteiger partial charge in [-0.1, -0.05) is 6.07 Å². The van der Waals surface area contributed by atoms with Crippen LogP contribution >= 0.6 is 0 Å². The molecule has 1 aromatic heterocycles. The lowest BCUT2D eigenvalue weighted by Crippen LogP contribution is -2.43. The van der Waals surface area contributed by atoms with Crippen LogP contribution in [0.5, 0.6) is 0 Å². The van der Waals surface area contributed by atoms with Gasteiger partial charge in [-0.2, -0.15) is 0 Å². The van der Waals surface area contributed by atoms with Gasteiger partial charge in [0.15, 0.2) is 0 Å². The fourth-order valence-corrected chi connectivity index (χ4v) is 3.96. The number of carbonyl (C=O) groups is 1. The third-order valence-electron chi connectivity index (χ3n) is 4.61. The molecule has 28 heavy (non-hydrogen) atoms. The van der Waals surface area contributed by atoms with Gasteiger partial charge in [0, 0.05) is 18.8 Å². The predicted molar refractivity (Wildman–Crippen MR) is 113 cm³/mol. The smallest absolute Gasteiger partial charge is 0.410 e.